The molecule has 0 spiro atoms. The molecule has 0 fully saturated rings. The van der Waals surface area contributed by atoms with Gasteiger partial charge in [0.2, 0.25) is 0 Å². The van der Waals surface area contributed by atoms with E-state index in [1.54, 1.807) is 30.3 Å². The van der Waals surface area contributed by atoms with Gasteiger partial charge < -0.3 is 9.73 Å². The molecule has 4 heteroatoms. The molecular weight excluding hydrogens is 317 g/mol. The molecule has 1 amide bonds. The first-order chi connectivity index (χ1) is 12.1. The van der Waals surface area contributed by atoms with Gasteiger partial charge in [-0.05, 0) is 54.3 Å². The molecule has 1 aromatic heterocycles. The fourth-order valence-corrected chi connectivity index (χ4v) is 2.59. The Morgan fingerprint density at radius 3 is 2.48 bits per heavy atom. The number of hydrogen-bond acceptors (Lipinski definition) is 2. The van der Waals surface area contributed by atoms with Crippen molar-refractivity contribution < 1.29 is 13.6 Å². The lowest BCUT2D eigenvalue weighted by Gasteiger charge is -2.10. The maximum absolute atomic E-state index is 13.8. The van der Waals surface area contributed by atoms with Crippen LogP contribution in [0.25, 0.3) is 11.3 Å². The van der Waals surface area contributed by atoms with E-state index >= 15 is 0 Å². The second-order valence-corrected chi connectivity index (χ2v) is 6.03. The molecule has 0 bridgehead atoms. The fourth-order valence-electron chi connectivity index (χ4n) is 2.59. The number of rotatable bonds is 5. The summed E-state index contributed by atoms with van der Waals surface area (Å²) in [5, 5.41) is 2.80. The first kappa shape index (κ1) is 17.0. The van der Waals surface area contributed by atoms with Gasteiger partial charge in [-0.15, -0.1) is 0 Å². The zero-order valence-corrected chi connectivity index (χ0v) is 14.3. The monoisotopic (exact) mass is 337 g/mol. The number of benzene rings is 2. The molecule has 3 nitrogen and oxygen atoms in total. The van der Waals surface area contributed by atoms with Crippen molar-refractivity contribution in [3.05, 3.63) is 77.8 Å². The van der Waals surface area contributed by atoms with Gasteiger partial charge in [-0.1, -0.05) is 38.1 Å². The highest BCUT2D eigenvalue weighted by molar-refractivity contribution is 6.02. The van der Waals surface area contributed by atoms with Gasteiger partial charge in [0.1, 0.15) is 11.6 Å². The molecule has 0 aliphatic heterocycles. The van der Waals surface area contributed by atoms with E-state index in [4.69, 9.17) is 4.42 Å². The maximum atomic E-state index is 13.8. The fraction of sp³-hybridized carbons (Fsp3) is 0.190. The van der Waals surface area contributed by atoms with Gasteiger partial charge in [-0.3, -0.25) is 4.79 Å². The molecule has 1 unspecified atom stereocenters. The topological polar surface area (TPSA) is 42.2 Å². The summed E-state index contributed by atoms with van der Waals surface area (Å²) < 4.78 is 19.3. The van der Waals surface area contributed by atoms with Crippen LogP contribution in [0.3, 0.4) is 0 Å². The second kappa shape index (κ2) is 7.34. The van der Waals surface area contributed by atoms with Crippen molar-refractivity contribution in [2.75, 3.05) is 5.32 Å². The van der Waals surface area contributed by atoms with Crippen LogP contribution in [-0.4, -0.2) is 5.91 Å². The summed E-state index contributed by atoms with van der Waals surface area (Å²) in [4.78, 5) is 12.3. The van der Waals surface area contributed by atoms with Crippen molar-refractivity contribution in [2.24, 2.45) is 0 Å². The lowest BCUT2D eigenvalue weighted by molar-refractivity contribution is 0.0997. The van der Waals surface area contributed by atoms with Crippen LogP contribution in [0.1, 0.15) is 42.3 Å². The van der Waals surface area contributed by atoms with E-state index in [2.05, 4.69) is 19.2 Å². The highest BCUT2D eigenvalue weighted by Gasteiger charge is 2.14. The molecule has 3 aromatic rings. The molecule has 128 valence electrons. The molecule has 0 aliphatic carbocycles. The predicted octanol–water partition coefficient (Wildman–Crippen LogP) is 5.85. The number of hydrogen-bond donors (Lipinski definition) is 1. The first-order valence-corrected chi connectivity index (χ1v) is 8.34. The minimum atomic E-state index is -0.385. The Hall–Kier alpha value is -2.88. The Kier molecular flexibility index (Phi) is 4.98. The zero-order valence-electron chi connectivity index (χ0n) is 14.3. The average Bonchev–Trinajstić information content (AvgIpc) is 3.12. The molecule has 0 aliphatic rings. The van der Waals surface area contributed by atoms with E-state index in [9.17, 15) is 9.18 Å². The molecular formula is C21H20FNO2. The maximum Gasteiger partial charge on any atom is 0.291 e. The Morgan fingerprint density at radius 1 is 1.08 bits per heavy atom. The molecule has 0 saturated carbocycles. The lowest BCUT2D eigenvalue weighted by Crippen LogP contribution is -2.10. The number of carbonyl (C=O) groups excluding carboxylic acids is 1. The summed E-state index contributed by atoms with van der Waals surface area (Å²) in [7, 11) is 0. The number of nitrogens with one attached hydrogen (secondary N) is 1. The third-order valence-electron chi connectivity index (χ3n) is 4.32. The van der Waals surface area contributed by atoms with Crippen LogP contribution in [0.2, 0.25) is 0 Å². The Morgan fingerprint density at radius 2 is 1.80 bits per heavy atom. The van der Waals surface area contributed by atoms with E-state index in [0.717, 1.165) is 6.42 Å². The number of furan rings is 1. The molecule has 3 rings (SSSR count). The van der Waals surface area contributed by atoms with Crippen molar-refractivity contribution >= 4 is 11.6 Å². The summed E-state index contributed by atoms with van der Waals surface area (Å²) in [6.45, 7) is 4.31. The van der Waals surface area contributed by atoms with Crippen LogP contribution in [0.5, 0.6) is 0 Å². The van der Waals surface area contributed by atoms with Crippen molar-refractivity contribution in [3.63, 3.8) is 0 Å². The van der Waals surface area contributed by atoms with Crippen LogP contribution in [-0.2, 0) is 0 Å². The molecule has 1 N–H and O–H groups in total. The number of anilines is 1. The van der Waals surface area contributed by atoms with E-state index in [-0.39, 0.29) is 17.5 Å². The SMILES string of the molecule is CCC(C)c1ccc(NC(=O)c2ccc(-c3ccccc3F)o2)cc1. The van der Waals surface area contributed by atoms with E-state index in [1.165, 1.54) is 11.6 Å². The Labute approximate surface area is 146 Å². The van der Waals surface area contributed by atoms with Gasteiger partial charge in [0.05, 0.1) is 5.56 Å². The normalized spacial score (nSPS) is 12.0. The minimum absolute atomic E-state index is 0.143. The Bertz CT molecular complexity index is 868. The largest absolute Gasteiger partial charge is 0.451 e. The lowest BCUT2D eigenvalue weighted by atomic mass is 9.99. The molecule has 2 aromatic carbocycles. The van der Waals surface area contributed by atoms with E-state index in [0.29, 0.717) is 22.9 Å². The van der Waals surface area contributed by atoms with E-state index < -0.39 is 0 Å². The van der Waals surface area contributed by atoms with Crippen LogP contribution in [0, 0.1) is 5.82 Å². The standard InChI is InChI=1S/C21H20FNO2/c1-3-14(2)15-8-10-16(11-9-15)23-21(24)20-13-12-19(25-20)17-6-4-5-7-18(17)22/h4-14H,3H2,1-2H3,(H,23,24). The molecule has 0 saturated heterocycles. The van der Waals surface area contributed by atoms with E-state index in [1.807, 2.05) is 24.3 Å². The molecule has 1 heterocycles. The number of amides is 1. The summed E-state index contributed by atoms with van der Waals surface area (Å²) >= 11 is 0. The summed E-state index contributed by atoms with van der Waals surface area (Å²) in [5.74, 6) is 0.209. The van der Waals surface area contributed by atoms with Gasteiger partial charge in [-0.25, -0.2) is 4.39 Å². The average molecular weight is 337 g/mol. The van der Waals surface area contributed by atoms with Gasteiger partial charge in [0.25, 0.3) is 5.91 Å². The molecule has 25 heavy (non-hydrogen) atoms. The summed E-state index contributed by atoms with van der Waals surface area (Å²) in [6.07, 6.45) is 1.07. The van der Waals surface area contributed by atoms with Crippen molar-refractivity contribution in [1.29, 1.82) is 0 Å². The van der Waals surface area contributed by atoms with Crippen LogP contribution in [0.15, 0.2) is 65.1 Å². The molecule has 1 atom stereocenters. The first-order valence-electron chi connectivity index (χ1n) is 8.34. The summed E-state index contributed by atoms with van der Waals surface area (Å²) in [6, 6.07) is 17.2. The van der Waals surface area contributed by atoms with Crippen molar-refractivity contribution in [3.8, 4) is 11.3 Å². The third-order valence-corrected chi connectivity index (χ3v) is 4.32. The number of carbonyl (C=O) groups is 1. The third kappa shape index (κ3) is 3.79. The van der Waals surface area contributed by atoms with Crippen LogP contribution < -0.4 is 5.32 Å². The van der Waals surface area contributed by atoms with Gasteiger partial charge in [0, 0.05) is 5.69 Å². The Balaban J connectivity index is 1.73. The van der Waals surface area contributed by atoms with Crippen LogP contribution in [0.4, 0.5) is 10.1 Å². The summed E-state index contributed by atoms with van der Waals surface area (Å²) in [5.41, 5.74) is 2.26. The highest BCUT2D eigenvalue weighted by Crippen LogP contribution is 2.25. The quantitative estimate of drug-likeness (QED) is 0.634. The second-order valence-electron chi connectivity index (χ2n) is 6.03. The van der Waals surface area contributed by atoms with Gasteiger partial charge >= 0.3 is 0 Å². The van der Waals surface area contributed by atoms with Crippen LogP contribution >= 0.6 is 0 Å². The molecule has 0 radical (unpaired) electrons. The van der Waals surface area contributed by atoms with Crippen molar-refractivity contribution in [1.82, 2.24) is 0 Å². The van der Waals surface area contributed by atoms with Crippen molar-refractivity contribution in [2.45, 2.75) is 26.2 Å². The predicted molar refractivity (Wildman–Crippen MR) is 97.2 cm³/mol. The minimum Gasteiger partial charge on any atom is -0.451 e. The zero-order chi connectivity index (χ0) is 17.8. The smallest absolute Gasteiger partial charge is 0.291 e. The van der Waals surface area contributed by atoms with Gasteiger partial charge in [-0.2, -0.15) is 0 Å². The van der Waals surface area contributed by atoms with Gasteiger partial charge in [0.15, 0.2) is 5.76 Å². The highest BCUT2D eigenvalue weighted by atomic mass is 19.1. The number of halogens is 1.